The Bertz CT molecular complexity index is 491. The summed E-state index contributed by atoms with van der Waals surface area (Å²) in [6.07, 6.45) is 2.03. The highest BCUT2D eigenvalue weighted by Gasteiger charge is 2.31. The van der Waals surface area contributed by atoms with E-state index in [0.29, 0.717) is 12.2 Å². The summed E-state index contributed by atoms with van der Waals surface area (Å²) < 4.78 is 0. The summed E-state index contributed by atoms with van der Waals surface area (Å²) in [5, 5.41) is 21.6. The third kappa shape index (κ3) is 3.17. The Morgan fingerprint density at radius 1 is 1.60 bits per heavy atom. The summed E-state index contributed by atoms with van der Waals surface area (Å²) in [5.41, 5.74) is 6.91. The predicted octanol–water partition coefficient (Wildman–Crippen LogP) is -0.323. The lowest BCUT2D eigenvalue weighted by atomic mass is 10.2. The van der Waals surface area contributed by atoms with Gasteiger partial charge in [-0.2, -0.15) is 0 Å². The van der Waals surface area contributed by atoms with Crippen LogP contribution < -0.4 is 10.6 Å². The van der Waals surface area contributed by atoms with E-state index in [1.807, 2.05) is 20.2 Å². The summed E-state index contributed by atoms with van der Waals surface area (Å²) >= 11 is 0. The second-order valence-electron chi connectivity index (χ2n) is 5.34. The van der Waals surface area contributed by atoms with Gasteiger partial charge in [0.25, 0.3) is 0 Å². The van der Waals surface area contributed by atoms with Crippen molar-refractivity contribution in [1.29, 1.82) is 0 Å². The van der Waals surface area contributed by atoms with Crippen LogP contribution in [0, 0.1) is 0 Å². The first kappa shape index (κ1) is 14.5. The number of pyridine rings is 1. The summed E-state index contributed by atoms with van der Waals surface area (Å²) in [6.45, 7) is 1.44. The molecule has 4 N–H and O–H groups in total. The van der Waals surface area contributed by atoms with Gasteiger partial charge in [0.15, 0.2) is 5.84 Å². The average molecular weight is 279 g/mol. The van der Waals surface area contributed by atoms with E-state index in [0.717, 1.165) is 18.7 Å². The Labute approximate surface area is 118 Å². The van der Waals surface area contributed by atoms with Gasteiger partial charge in [0.05, 0.1) is 6.10 Å². The SMILES string of the molecule is CN(C)CC1CC(O)CN1c1ccnc(C(N)=NO)c1. The first-order chi connectivity index (χ1) is 9.51. The fraction of sp³-hybridized carbons (Fsp3) is 0.538. The molecular weight excluding hydrogens is 258 g/mol. The highest BCUT2D eigenvalue weighted by atomic mass is 16.4. The minimum atomic E-state index is -0.333. The van der Waals surface area contributed by atoms with Crippen LogP contribution in [0.25, 0.3) is 0 Å². The molecule has 7 nitrogen and oxygen atoms in total. The van der Waals surface area contributed by atoms with E-state index in [1.54, 1.807) is 12.3 Å². The van der Waals surface area contributed by atoms with Crippen molar-refractivity contribution >= 4 is 11.5 Å². The number of β-amino-alcohol motifs (C(OH)–C–C–N with tert-alkyl or cyclic N) is 1. The summed E-state index contributed by atoms with van der Waals surface area (Å²) in [6, 6.07) is 3.88. The molecule has 110 valence electrons. The van der Waals surface area contributed by atoms with Gasteiger partial charge in [0.1, 0.15) is 5.69 Å². The molecule has 0 aliphatic carbocycles. The first-order valence-electron chi connectivity index (χ1n) is 6.54. The number of aliphatic hydroxyl groups excluding tert-OH is 1. The van der Waals surface area contributed by atoms with Gasteiger partial charge in [0.2, 0.25) is 0 Å². The fourth-order valence-corrected chi connectivity index (χ4v) is 2.59. The van der Waals surface area contributed by atoms with E-state index in [1.165, 1.54) is 0 Å². The van der Waals surface area contributed by atoms with Gasteiger partial charge >= 0.3 is 0 Å². The van der Waals surface area contributed by atoms with Gasteiger partial charge < -0.3 is 25.8 Å². The van der Waals surface area contributed by atoms with Gasteiger partial charge in [0, 0.05) is 31.0 Å². The molecule has 2 rings (SSSR count). The molecule has 2 heterocycles. The van der Waals surface area contributed by atoms with E-state index in [2.05, 4.69) is 19.9 Å². The van der Waals surface area contributed by atoms with Crippen molar-refractivity contribution in [3.05, 3.63) is 24.0 Å². The standard InChI is InChI=1S/C13H21N5O2/c1-17(2)7-10-5-11(19)8-18(10)9-3-4-15-12(6-9)13(14)16-20/h3-4,6,10-11,19-20H,5,7-8H2,1-2H3,(H2,14,16). The third-order valence-corrected chi connectivity index (χ3v) is 3.41. The average Bonchev–Trinajstić information content (AvgIpc) is 2.78. The molecule has 0 spiro atoms. The lowest BCUT2D eigenvalue weighted by Crippen LogP contribution is -2.37. The summed E-state index contributed by atoms with van der Waals surface area (Å²) in [4.78, 5) is 8.31. The second-order valence-corrected chi connectivity index (χ2v) is 5.34. The van der Waals surface area contributed by atoms with Crippen molar-refractivity contribution in [3.8, 4) is 0 Å². The highest BCUT2D eigenvalue weighted by Crippen LogP contribution is 2.26. The number of amidine groups is 1. The van der Waals surface area contributed by atoms with Crippen molar-refractivity contribution in [1.82, 2.24) is 9.88 Å². The minimum Gasteiger partial charge on any atom is -0.409 e. The Kier molecular flexibility index (Phi) is 4.41. The zero-order valence-corrected chi connectivity index (χ0v) is 11.8. The van der Waals surface area contributed by atoms with Crippen LogP contribution in [-0.2, 0) is 0 Å². The number of hydrogen-bond donors (Lipinski definition) is 3. The number of nitrogens with zero attached hydrogens (tertiary/aromatic N) is 4. The molecule has 1 fully saturated rings. The molecule has 0 saturated carbocycles. The Morgan fingerprint density at radius 2 is 2.35 bits per heavy atom. The predicted molar refractivity (Wildman–Crippen MR) is 77.1 cm³/mol. The van der Waals surface area contributed by atoms with Crippen LogP contribution in [-0.4, -0.2) is 65.4 Å². The maximum absolute atomic E-state index is 9.90. The number of aromatic nitrogens is 1. The highest BCUT2D eigenvalue weighted by molar-refractivity contribution is 5.95. The normalized spacial score (nSPS) is 23.6. The molecule has 0 radical (unpaired) electrons. The molecular formula is C13H21N5O2. The molecule has 20 heavy (non-hydrogen) atoms. The molecule has 0 amide bonds. The number of rotatable bonds is 4. The quantitative estimate of drug-likeness (QED) is 0.302. The molecule has 0 bridgehead atoms. The lowest BCUT2D eigenvalue weighted by molar-refractivity contribution is 0.191. The number of anilines is 1. The number of oxime groups is 1. The van der Waals surface area contributed by atoms with Crippen LogP contribution >= 0.6 is 0 Å². The van der Waals surface area contributed by atoms with Crippen LogP contribution in [0.1, 0.15) is 12.1 Å². The number of aliphatic hydroxyl groups is 1. The fourth-order valence-electron chi connectivity index (χ4n) is 2.59. The zero-order chi connectivity index (χ0) is 14.7. The van der Waals surface area contributed by atoms with Crippen LogP contribution in [0.4, 0.5) is 5.69 Å². The molecule has 1 saturated heterocycles. The number of likely N-dealkylation sites (N-methyl/N-ethyl adjacent to an activating group) is 1. The molecule has 2 unspecified atom stereocenters. The van der Waals surface area contributed by atoms with E-state index in [9.17, 15) is 5.11 Å². The topological polar surface area (TPSA) is 98.2 Å². The minimum absolute atomic E-state index is 0.0178. The van der Waals surface area contributed by atoms with E-state index in [4.69, 9.17) is 10.9 Å². The van der Waals surface area contributed by atoms with Crippen molar-refractivity contribution in [3.63, 3.8) is 0 Å². The Hall–Kier alpha value is -1.86. The van der Waals surface area contributed by atoms with Gasteiger partial charge in [-0.3, -0.25) is 4.98 Å². The summed E-state index contributed by atoms with van der Waals surface area (Å²) in [7, 11) is 4.02. The van der Waals surface area contributed by atoms with Crippen LogP contribution in [0.2, 0.25) is 0 Å². The van der Waals surface area contributed by atoms with E-state index < -0.39 is 0 Å². The lowest BCUT2D eigenvalue weighted by Gasteiger charge is -2.28. The Morgan fingerprint density at radius 3 is 3.00 bits per heavy atom. The summed E-state index contributed by atoms with van der Waals surface area (Å²) in [5.74, 6) is -0.0178. The third-order valence-electron chi connectivity index (χ3n) is 3.41. The van der Waals surface area contributed by atoms with Crippen molar-refractivity contribution < 1.29 is 10.3 Å². The second kappa shape index (κ2) is 6.06. The van der Waals surface area contributed by atoms with E-state index in [-0.39, 0.29) is 18.0 Å². The monoisotopic (exact) mass is 279 g/mol. The van der Waals surface area contributed by atoms with Gasteiger partial charge in [-0.1, -0.05) is 5.16 Å². The van der Waals surface area contributed by atoms with Crippen molar-refractivity contribution in [2.75, 3.05) is 32.1 Å². The van der Waals surface area contributed by atoms with Crippen molar-refractivity contribution in [2.24, 2.45) is 10.9 Å². The smallest absolute Gasteiger partial charge is 0.188 e. The van der Waals surface area contributed by atoms with E-state index >= 15 is 0 Å². The van der Waals surface area contributed by atoms with Crippen molar-refractivity contribution in [2.45, 2.75) is 18.6 Å². The van der Waals surface area contributed by atoms with Gasteiger partial charge in [-0.25, -0.2) is 0 Å². The molecule has 7 heteroatoms. The molecule has 2 atom stereocenters. The van der Waals surface area contributed by atoms with Gasteiger partial charge in [-0.05, 0) is 32.6 Å². The number of nitrogens with two attached hydrogens (primary N) is 1. The van der Waals surface area contributed by atoms with Crippen LogP contribution in [0.3, 0.4) is 0 Å². The first-order valence-corrected chi connectivity index (χ1v) is 6.54. The maximum Gasteiger partial charge on any atom is 0.188 e. The largest absolute Gasteiger partial charge is 0.409 e. The van der Waals surface area contributed by atoms with Crippen LogP contribution in [0.15, 0.2) is 23.5 Å². The molecule has 1 aromatic rings. The molecule has 1 aliphatic rings. The van der Waals surface area contributed by atoms with Crippen LogP contribution in [0.5, 0.6) is 0 Å². The van der Waals surface area contributed by atoms with Gasteiger partial charge in [-0.15, -0.1) is 0 Å². The zero-order valence-electron chi connectivity index (χ0n) is 11.8. The molecule has 1 aliphatic heterocycles. The maximum atomic E-state index is 9.90. The molecule has 0 aromatic carbocycles. The Balaban J connectivity index is 2.25. The molecule has 1 aromatic heterocycles. The number of hydrogen-bond acceptors (Lipinski definition) is 6.